The lowest BCUT2D eigenvalue weighted by molar-refractivity contribution is -0.137. The molecule has 10 heteroatoms. The van der Waals surface area contributed by atoms with E-state index >= 15 is 0 Å². The van der Waals surface area contributed by atoms with Crippen LogP contribution in [0.15, 0.2) is 55.1 Å². The predicted octanol–water partition coefficient (Wildman–Crippen LogP) is 4.58. The molecular formula is C16H11ClF3N5O. The molecule has 1 aromatic heterocycles. The zero-order valence-electron chi connectivity index (χ0n) is 13.0. The summed E-state index contributed by atoms with van der Waals surface area (Å²) in [6, 6.07) is 8.49. The Morgan fingerprint density at radius 3 is 2.42 bits per heavy atom. The van der Waals surface area contributed by atoms with E-state index in [1.807, 2.05) is 0 Å². The topological polar surface area (TPSA) is 71.8 Å². The number of rotatable bonds is 3. The maximum Gasteiger partial charge on any atom is 0.416 e. The summed E-state index contributed by atoms with van der Waals surface area (Å²) in [5.41, 5.74) is -0.303. The summed E-state index contributed by atoms with van der Waals surface area (Å²) in [6.45, 7) is 0. The molecule has 26 heavy (non-hydrogen) atoms. The summed E-state index contributed by atoms with van der Waals surface area (Å²) < 4.78 is 40.2. The molecule has 0 aliphatic carbocycles. The third-order valence-electron chi connectivity index (χ3n) is 3.34. The smallest absolute Gasteiger partial charge is 0.308 e. The van der Waals surface area contributed by atoms with Crippen molar-refractivity contribution in [3.8, 4) is 5.69 Å². The Morgan fingerprint density at radius 1 is 1.08 bits per heavy atom. The van der Waals surface area contributed by atoms with E-state index in [1.165, 1.54) is 23.4 Å². The van der Waals surface area contributed by atoms with E-state index < -0.39 is 17.8 Å². The van der Waals surface area contributed by atoms with Crippen LogP contribution in [-0.2, 0) is 6.18 Å². The largest absolute Gasteiger partial charge is 0.416 e. The standard InChI is InChI=1S/C16H11ClF3N5O/c17-11-2-4-12(5-3-11)23-15(26)24-13-7-10(16(18,19)20)1-6-14(13)25-9-21-8-22-25/h1-9H,(H2,23,24,26). The SMILES string of the molecule is O=C(Nc1ccc(Cl)cc1)Nc1cc(C(F)(F)F)ccc1-n1cncn1. The van der Waals surface area contributed by atoms with Gasteiger partial charge in [0.05, 0.1) is 16.9 Å². The Morgan fingerprint density at radius 2 is 1.81 bits per heavy atom. The number of aromatic nitrogens is 3. The van der Waals surface area contributed by atoms with Crippen LogP contribution in [0.1, 0.15) is 5.56 Å². The Bertz CT molecular complexity index is 911. The molecule has 6 nitrogen and oxygen atoms in total. The fourth-order valence-electron chi connectivity index (χ4n) is 2.16. The van der Waals surface area contributed by atoms with Gasteiger partial charge >= 0.3 is 12.2 Å². The molecule has 0 aliphatic heterocycles. The summed E-state index contributed by atoms with van der Waals surface area (Å²) in [6.07, 6.45) is -2.01. The molecule has 0 saturated heterocycles. The van der Waals surface area contributed by atoms with Gasteiger partial charge in [0.2, 0.25) is 0 Å². The molecule has 3 rings (SSSR count). The van der Waals surface area contributed by atoms with Gasteiger partial charge in [-0.2, -0.15) is 18.3 Å². The van der Waals surface area contributed by atoms with Gasteiger partial charge in [-0.05, 0) is 42.5 Å². The van der Waals surface area contributed by atoms with Crippen LogP contribution in [0.4, 0.5) is 29.3 Å². The van der Waals surface area contributed by atoms with Crippen molar-refractivity contribution in [1.82, 2.24) is 14.8 Å². The summed E-state index contributed by atoms with van der Waals surface area (Å²) in [5.74, 6) is 0. The molecule has 0 bridgehead atoms. The molecule has 0 unspecified atom stereocenters. The first-order chi connectivity index (χ1) is 12.3. The number of benzene rings is 2. The highest BCUT2D eigenvalue weighted by Crippen LogP contribution is 2.33. The van der Waals surface area contributed by atoms with Gasteiger partial charge in [0.15, 0.2) is 0 Å². The second kappa shape index (κ2) is 7.04. The first kappa shape index (κ1) is 17.7. The third-order valence-corrected chi connectivity index (χ3v) is 3.59. The molecule has 2 N–H and O–H groups in total. The van der Waals surface area contributed by atoms with E-state index in [2.05, 4.69) is 20.7 Å². The first-order valence-corrected chi connectivity index (χ1v) is 7.60. The minimum absolute atomic E-state index is 0.0724. The molecule has 0 spiro atoms. The number of anilines is 2. The third kappa shape index (κ3) is 4.12. The molecule has 134 valence electrons. The number of amides is 2. The van der Waals surface area contributed by atoms with E-state index in [0.717, 1.165) is 12.1 Å². The number of alkyl halides is 3. The van der Waals surface area contributed by atoms with Gasteiger partial charge in [-0.25, -0.2) is 14.5 Å². The molecule has 1 heterocycles. The van der Waals surface area contributed by atoms with Crippen molar-refractivity contribution in [1.29, 1.82) is 0 Å². The van der Waals surface area contributed by atoms with Gasteiger partial charge in [-0.3, -0.25) is 0 Å². The highest BCUT2D eigenvalue weighted by Gasteiger charge is 2.31. The van der Waals surface area contributed by atoms with Crippen molar-refractivity contribution in [3.05, 3.63) is 65.7 Å². The van der Waals surface area contributed by atoms with Crippen molar-refractivity contribution in [3.63, 3.8) is 0 Å². The number of carbonyl (C=O) groups is 1. The number of carbonyl (C=O) groups excluding carboxylic acids is 1. The zero-order chi connectivity index (χ0) is 18.7. The maximum atomic E-state index is 13.0. The minimum atomic E-state index is -4.55. The highest BCUT2D eigenvalue weighted by atomic mass is 35.5. The number of hydrogen-bond acceptors (Lipinski definition) is 3. The number of nitrogens with one attached hydrogen (secondary N) is 2. The minimum Gasteiger partial charge on any atom is -0.308 e. The number of hydrogen-bond donors (Lipinski definition) is 2. The van der Waals surface area contributed by atoms with E-state index in [0.29, 0.717) is 10.7 Å². The summed E-state index contributed by atoms with van der Waals surface area (Å²) in [7, 11) is 0. The molecule has 0 fully saturated rings. The molecule has 0 atom stereocenters. The van der Waals surface area contributed by atoms with Crippen LogP contribution in [0, 0.1) is 0 Å². The molecule has 0 radical (unpaired) electrons. The molecule has 2 aromatic carbocycles. The van der Waals surface area contributed by atoms with Crippen molar-refractivity contribution in [2.24, 2.45) is 0 Å². The lowest BCUT2D eigenvalue weighted by Gasteiger charge is -2.15. The normalized spacial score (nSPS) is 11.2. The number of urea groups is 1. The Kier molecular flexibility index (Phi) is 4.81. The molecule has 3 aromatic rings. The van der Waals surface area contributed by atoms with E-state index in [-0.39, 0.29) is 11.4 Å². The average Bonchev–Trinajstić information content (AvgIpc) is 3.10. The lowest BCUT2D eigenvalue weighted by atomic mass is 10.1. The van der Waals surface area contributed by atoms with Crippen LogP contribution in [0.5, 0.6) is 0 Å². The van der Waals surface area contributed by atoms with Crippen LogP contribution in [0.3, 0.4) is 0 Å². The van der Waals surface area contributed by atoms with Gasteiger partial charge in [-0.15, -0.1) is 0 Å². The zero-order valence-corrected chi connectivity index (χ0v) is 13.7. The monoisotopic (exact) mass is 381 g/mol. The summed E-state index contributed by atoms with van der Waals surface area (Å²) >= 11 is 5.77. The molecule has 2 amide bonds. The number of halogens is 4. The van der Waals surface area contributed by atoms with Crippen LogP contribution in [0.2, 0.25) is 5.02 Å². The van der Waals surface area contributed by atoms with Crippen molar-refractivity contribution in [2.75, 3.05) is 10.6 Å². The van der Waals surface area contributed by atoms with Gasteiger partial charge in [0, 0.05) is 10.7 Å². The fourth-order valence-corrected chi connectivity index (χ4v) is 2.29. The summed E-state index contributed by atoms with van der Waals surface area (Å²) in [4.78, 5) is 15.9. The number of nitrogens with zero attached hydrogens (tertiary/aromatic N) is 3. The van der Waals surface area contributed by atoms with Gasteiger partial charge in [0.25, 0.3) is 0 Å². The lowest BCUT2D eigenvalue weighted by Crippen LogP contribution is -2.21. The highest BCUT2D eigenvalue weighted by molar-refractivity contribution is 6.30. The van der Waals surface area contributed by atoms with Crippen molar-refractivity contribution >= 4 is 29.0 Å². The molecular weight excluding hydrogens is 371 g/mol. The maximum absolute atomic E-state index is 13.0. The van der Waals surface area contributed by atoms with Crippen molar-refractivity contribution in [2.45, 2.75) is 6.18 Å². The fraction of sp³-hybridized carbons (Fsp3) is 0.0625. The van der Waals surface area contributed by atoms with E-state index in [9.17, 15) is 18.0 Å². The van der Waals surface area contributed by atoms with Crippen LogP contribution in [0.25, 0.3) is 5.69 Å². The molecule has 0 saturated carbocycles. The van der Waals surface area contributed by atoms with Crippen LogP contribution in [-0.4, -0.2) is 20.8 Å². The second-order valence-corrected chi connectivity index (χ2v) is 5.59. The van der Waals surface area contributed by atoms with Gasteiger partial charge in [-0.1, -0.05) is 11.6 Å². The molecule has 0 aliphatic rings. The summed E-state index contributed by atoms with van der Waals surface area (Å²) in [5, 5.41) is 9.28. The van der Waals surface area contributed by atoms with Crippen molar-refractivity contribution < 1.29 is 18.0 Å². The Labute approximate surface area is 150 Å². The predicted molar refractivity (Wildman–Crippen MR) is 90.5 cm³/mol. The second-order valence-electron chi connectivity index (χ2n) is 5.16. The Hall–Kier alpha value is -3.07. The first-order valence-electron chi connectivity index (χ1n) is 7.23. The van der Waals surface area contributed by atoms with E-state index in [4.69, 9.17) is 11.6 Å². The quantitative estimate of drug-likeness (QED) is 0.697. The Balaban J connectivity index is 1.88. The van der Waals surface area contributed by atoms with Gasteiger partial charge in [0.1, 0.15) is 12.7 Å². The van der Waals surface area contributed by atoms with E-state index in [1.54, 1.807) is 24.3 Å². The van der Waals surface area contributed by atoms with Crippen LogP contribution < -0.4 is 10.6 Å². The average molecular weight is 382 g/mol. The van der Waals surface area contributed by atoms with Gasteiger partial charge < -0.3 is 10.6 Å². The van der Waals surface area contributed by atoms with Crippen LogP contribution >= 0.6 is 11.6 Å².